The molecule has 23 heavy (non-hydrogen) atoms. The largest absolute Gasteiger partial charge is 0.381 e. The van der Waals surface area contributed by atoms with E-state index in [1.807, 2.05) is 0 Å². The third-order valence-electron chi connectivity index (χ3n) is 3.92. The average molecular weight is 322 g/mol. The first-order valence-corrected chi connectivity index (χ1v) is 7.68. The fraction of sp³-hybridized carbons (Fsp3) is 0.533. The van der Waals surface area contributed by atoms with Gasteiger partial charge >= 0.3 is 0 Å². The van der Waals surface area contributed by atoms with E-state index in [1.54, 1.807) is 18.2 Å². The summed E-state index contributed by atoms with van der Waals surface area (Å²) < 4.78 is 5.26. The molecule has 8 nitrogen and oxygen atoms in total. The second-order valence-electron chi connectivity index (χ2n) is 5.47. The summed E-state index contributed by atoms with van der Waals surface area (Å²) in [5.41, 5.74) is 6.41. The highest BCUT2D eigenvalue weighted by molar-refractivity contribution is 5.81. The van der Waals surface area contributed by atoms with Crippen molar-refractivity contribution in [3.8, 4) is 0 Å². The van der Waals surface area contributed by atoms with Gasteiger partial charge in [-0.1, -0.05) is 12.1 Å². The molecular formula is C15H22N4O4. The van der Waals surface area contributed by atoms with E-state index in [-0.39, 0.29) is 17.5 Å². The normalized spacial score (nSPS) is 16.6. The molecule has 1 unspecified atom stereocenters. The Morgan fingerprint density at radius 3 is 2.74 bits per heavy atom. The number of nitrogens with two attached hydrogens (primary N) is 1. The van der Waals surface area contributed by atoms with Gasteiger partial charge in [0.15, 0.2) is 0 Å². The van der Waals surface area contributed by atoms with E-state index in [1.165, 1.54) is 6.07 Å². The number of hydrogen-bond donors (Lipinski definition) is 3. The van der Waals surface area contributed by atoms with Gasteiger partial charge in [0.05, 0.1) is 11.0 Å². The number of carbonyl (C=O) groups is 1. The molecule has 1 amide bonds. The molecule has 1 aliphatic heterocycles. The van der Waals surface area contributed by atoms with Crippen LogP contribution in [0.1, 0.15) is 12.8 Å². The Labute approximate surface area is 134 Å². The Morgan fingerprint density at radius 2 is 2.04 bits per heavy atom. The topological polar surface area (TPSA) is 120 Å². The molecule has 0 bridgehead atoms. The highest BCUT2D eigenvalue weighted by atomic mass is 16.6. The molecular weight excluding hydrogens is 300 g/mol. The molecule has 0 aromatic heterocycles. The van der Waals surface area contributed by atoms with Crippen LogP contribution in [-0.4, -0.2) is 43.2 Å². The van der Waals surface area contributed by atoms with E-state index in [9.17, 15) is 14.9 Å². The van der Waals surface area contributed by atoms with Gasteiger partial charge in [0.25, 0.3) is 5.69 Å². The standard InChI is InChI=1S/C15H22N4O4/c16-14(11-5-9-23-10-6-11)15(20)18-8-7-17-12-3-1-2-4-13(12)19(21)22/h1-4,11,14,17H,5-10,16H2,(H,18,20). The van der Waals surface area contributed by atoms with Gasteiger partial charge in [-0.15, -0.1) is 0 Å². The highest BCUT2D eigenvalue weighted by Crippen LogP contribution is 2.22. The monoisotopic (exact) mass is 322 g/mol. The quantitative estimate of drug-likeness (QED) is 0.389. The van der Waals surface area contributed by atoms with Gasteiger partial charge < -0.3 is 21.1 Å². The summed E-state index contributed by atoms with van der Waals surface area (Å²) in [4.78, 5) is 22.5. The van der Waals surface area contributed by atoms with Crippen molar-refractivity contribution in [2.24, 2.45) is 11.7 Å². The summed E-state index contributed by atoms with van der Waals surface area (Å²) in [5.74, 6) is -0.0480. The zero-order valence-electron chi connectivity index (χ0n) is 12.9. The summed E-state index contributed by atoms with van der Waals surface area (Å²) in [6, 6.07) is 5.85. The van der Waals surface area contributed by atoms with Crippen molar-refractivity contribution < 1.29 is 14.5 Å². The number of carbonyl (C=O) groups excluding carboxylic acids is 1. The molecule has 1 atom stereocenters. The lowest BCUT2D eigenvalue weighted by molar-refractivity contribution is -0.384. The summed E-state index contributed by atoms with van der Waals surface area (Å²) in [7, 11) is 0. The number of amides is 1. The Bertz CT molecular complexity index is 546. The molecule has 1 aromatic rings. The van der Waals surface area contributed by atoms with Crippen LogP contribution in [0.3, 0.4) is 0 Å². The molecule has 2 rings (SSSR count). The van der Waals surface area contributed by atoms with Gasteiger partial charge in [0, 0.05) is 32.4 Å². The van der Waals surface area contributed by atoms with Crippen molar-refractivity contribution in [3.63, 3.8) is 0 Å². The fourth-order valence-electron chi connectivity index (χ4n) is 2.57. The third-order valence-corrected chi connectivity index (χ3v) is 3.92. The highest BCUT2D eigenvalue weighted by Gasteiger charge is 2.26. The predicted octanol–water partition coefficient (Wildman–Crippen LogP) is 0.877. The number of hydrogen-bond acceptors (Lipinski definition) is 6. The lowest BCUT2D eigenvalue weighted by Gasteiger charge is -2.26. The Balaban J connectivity index is 1.74. The lowest BCUT2D eigenvalue weighted by Crippen LogP contribution is -2.48. The van der Waals surface area contributed by atoms with E-state index in [0.29, 0.717) is 32.0 Å². The minimum absolute atomic E-state index is 0.0118. The molecule has 4 N–H and O–H groups in total. The molecule has 0 saturated carbocycles. The smallest absolute Gasteiger partial charge is 0.292 e. The maximum absolute atomic E-state index is 12.0. The zero-order valence-corrected chi connectivity index (χ0v) is 12.9. The van der Waals surface area contributed by atoms with Crippen LogP contribution in [0.4, 0.5) is 11.4 Å². The van der Waals surface area contributed by atoms with Gasteiger partial charge in [-0.25, -0.2) is 0 Å². The number of rotatable bonds is 7. The van der Waals surface area contributed by atoms with Crippen LogP contribution in [-0.2, 0) is 9.53 Å². The van der Waals surface area contributed by atoms with Crippen LogP contribution in [0.15, 0.2) is 24.3 Å². The molecule has 1 aromatic carbocycles. The molecule has 1 fully saturated rings. The number of nitrogens with zero attached hydrogens (tertiary/aromatic N) is 1. The first kappa shape index (κ1) is 17.2. The summed E-state index contributed by atoms with van der Waals surface area (Å²) in [6.45, 7) is 2.02. The summed E-state index contributed by atoms with van der Waals surface area (Å²) >= 11 is 0. The van der Waals surface area contributed by atoms with Crippen LogP contribution in [0.5, 0.6) is 0 Å². The van der Waals surface area contributed by atoms with Crippen molar-refractivity contribution >= 4 is 17.3 Å². The van der Waals surface area contributed by atoms with Crippen molar-refractivity contribution in [2.45, 2.75) is 18.9 Å². The van der Waals surface area contributed by atoms with Crippen LogP contribution in [0, 0.1) is 16.0 Å². The fourth-order valence-corrected chi connectivity index (χ4v) is 2.57. The summed E-state index contributed by atoms with van der Waals surface area (Å²) in [5, 5.41) is 16.6. The van der Waals surface area contributed by atoms with Crippen LogP contribution in [0.25, 0.3) is 0 Å². The molecule has 0 radical (unpaired) electrons. The Hall–Kier alpha value is -2.19. The second kappa shape index (κ2) is 8.44. The Morgan fingerprint density at radius 1 is 1.35 bits per heavy atom. The maximum Gasteiger partial charge on any atom is 0.292 e. The molecule has 126 valence electrons. The van der Waals surface area contributed by atoms with E-state index in [4.69, 9.17) is 10.5 Å². The minimum atomic E-state index is -0.537. The van der Waals surface area contributed by atoms with Gasteiger partial charge in [0.1, 0.15) is 5.69 Å². The van der Waals surface area contributed by atoms with Crippen LogP contribution in [0.2, 0.25) is 0 Å². The molecule has 0 aliphatic carbocycles. The van der Waals surface area contributed by atoms with Crippen molar-refractivity contribution in [3.05, 3.63) is 34.4 Å². The molecule has 1 heterocycles. The number of anilines is 1. The second-order valence-corrected chi connectivity index (χ2v) is 5.47. The number of para-hydroxylation sites is 2. The minimum Gasteiger partial charge on any atom is -0.381 e. The molecule has 0 spiro atoms. The molecule has 1 aliphatic rings. The maximum atomic E-state index is 12.0. The molecule has 8 heteroatoms. The van der Waals surface area contributed by atoms with E-state index >= 15 is 0 Å². The molecule has 1 saturated heterocycles. The first-order valence-electron chi connectivity index (χ1n) is 7.68. The van der Waals surface area contributed by atoms with Gasteiger partial charge in [0.2, 0.25) is 5.91 Å². The summed E-state index contributed by atoms with van der Waals surface area (Å²) in [6.07, 6.45) is 1.59. The number of nitrogens with one attached hydrogen (secondary N) is 2. The van der Waals surface area contributed by atoms with Gasteiger partial charge in [-0.2, -0.15) is 0 Å². The third kappa shape index (κ3) is 4.90. The average Bonchev–Trinajstić information content (AvgIpc) is 2.58. The SMILES string of the molecule is NC(C(=O)NCCNc1ccccc1[N+](=O)[O-])C1CCOCC1. The zero-order chi connectivity index (χ0) is 16.7. The Kier molecular flexibility index (Phi) is 6.30. The van der Waals surface area contributed by atoms with Crippen LogP contribution >= 0.6 is 0 Å². The lowest BCUT2D eigenvalue weighted by atomic mass is 9.92. The van der Waals surface area contributed by atoms with E-state index in [2.05, 4.69) is 10.6 Å². The van der Waals surface area contributed by atoms with Crippen LogP contribution < -0.4 is 16.4 Å². The number of nitro groups is 1. The number of benzene rings is 1. The number of nitro benzene ring substituents is 1. The van der Waals surface area contributed by atoms with Gasteiger partial charge in [-0.05, 0) is 24.8 Å². The van der Waals surface area contributed by atoms with Crippen molar-refractivity contribution in [2.75, 3.05) is 31.6 Å². The van der Waals surface area contributed by atoms with Crippen molar-refractivity contribution in [1.82, 2.24) is 5.32 Å². The first-order chi connectivity index (χ1) is 11.1. The van der Waals surface area contributed by atoms with Crippen molar-refractivity contribution in [1.29, 1.82) is 0 Å². The van der Waals surface area contributed by atoms with E-state index < -0.39 is 11.0 Å². The predicted molar refractivity (Wildman–Crippen MR) is 86.1 cm³/mol. The van der Waals surface area contributed by atoms with E-state index in [0.717, 1.165) is 12.8 Å². The number of ether oxygens (including phenoxy) is 1. The van der Waals surface area contributed by atoms with Gasteiger partial charge in [-0.3, -0.25) is 14.9 Å².